The SMILES string of the molecule is CCCN(CCC)S(=O)(=O)c1ccc(OC)c(CN)c1. The summed E-state index contributed by atoms with van der Waals surface area (Å²) in [6.07, 6.45) is 1.58. The standard InChI is InChI=1S/C14H24N2O3S/c1-4-8-16(9-5-2)20(17,18)13-6-7-14(19-3)12(10-13)11-15/h6-7,10H,4-5,8-9,11,15H2,1-3H3. The van der Waals surface area contributed by atoms with Crippen LogP contribution in [0.2, 0.25) is 0 Å². The van der Waals surface area contributed by atoms with Crippen molar-refractivity contribution in [2.75, 3.05) is 20.2 Å². The Hall–Kier alpha value is -1.11. The van der Waals surface area contributed by atoms with Crippen LogP contribution in [0, 0.1) is 0 Å². The van der Waals surface area contributed by atoms with Gasteiger partial charge in [-0.2, -0.15) is 4.31 Å². The third-order valence-electron chi connectivity index (χ3n) is 3.06. The van der Waals surface area contributed by atoms with Gasteiger partial charge in [0.2, 0.25) is 10.0 Å². The van der Waals surface area contributed by atoms with E-state index in [0.29, 0.717) is 24.4 Å². The summed E-state index contributed by atoms with van der Waals surface area (Å²) in [5, 5.41) is 0. The second-order valence-electron chi connectivity index (χ2n) is 4.58. The van der Waals surface area contributed by atoms with Crippen LogP contribution in [0.1, 0.15) is 32.3 Å². The molecule has 0 radical (unpaired) electrons. The number of ether oxygens (including phenoxy) is 1. The molecule has 0 fully saturated rings. The van der Waals surface area contributed by atoms with Crippen LogP contribution in [0.25, 0.3) is 0 Å². The number of methoxy groups -OCH3 is 1. The molecule has 6 heteroatoms. The van der Waals surface area contributed by atoms with Crippen molar-refractivity contribution in [2.45, 2.75) is 38.1 Å². The molecule has 20 heavy (non-hydrogen) atoms. The highest BCUT2D eigenvalue weighted by Crippen LogP contribution is 2.24. The van der Waals surface area contributed by atoms with Gasteiger partial charge in [0.25, 0.3) is 0 Å². The first-order valence-electron chi connectivity index (χ1n) is 6.88. The molecule has 0 saturated carbocycles. The molecule has 0 aromatic heterocycles. The molecule has 0 spiro atoms. The molecule has 1 aromatic rings. The third-order valence-corrected chi connectivity index (χ3v) is 4.95. The Bertz CT molecular complexity index is 523. The molecule has 0 unspecified atom stereocenters. The molecular weight excluding hydrogens is 276 g/mol. The quantitative estimate of drug-likeness (QED) is 0.796. The Morgan fingerprint density at radius 3 is 2.25 bits per heavy atom. The Morgan fingerprint density at radius 2 is 1.80 bits per heavy atom. The highest BCUT2D eigenvalue weighted by Gasteiger charge is 2.23. The van der Waals surface area contributed by atoms with E-state index in [0.717, 1.165) is 12.8 Å². The molecule has 5 nitrogen and oxygen atoms in total. The van der Waals surface area contributed by atoms with Gasteiger partial charge < -0.3 is 10.5 Å². The zero-order valence-corrected chi connectivity index (χ0v) is 13.2. The summed E-state index contributed by atoms with van der Waals surface area (Å²) >= 11 is 0. The van der Waals surface area contributed by atoms with Gasteiger partial charge in [-0.1, -0.05) is 13.8 Å². The van der Waals surface area contributed by atoms with Crippen molar-refractivity contribution in [3.8, 4) is 5.75 Å². The van der Waals surface area contributed by atoms with Gasteiger partial charge in [-0.05, 0) is 31.0 Å². The second kappa shape index (κ2) is 7.61. The Kier molecular flexibility index (Phi) is 6.45. The van der Waals surface area contributed by atoms with E-state index >= 15 is 0 Å². The number of nitrogens with two attached hydrogens (primary N) is 1. The maximum Gasteiger partial charge on any atom is 0.243 e. The first-order valence-corrected chi connectivity index (χ1v) is 8.32. The minimum absolute atomic E-state index is 0.244. The predicted octanol–water partition coefficient (Wildman–Crippen LogP) is 1.96. The lowest BCUT2D eigenvalue weighted by molar-refractivity contribution is 0.405. The van der Waals surface area contributed by atoms with Gasteiger partial charge in [-0.25, -0.2) is 8.42 Å². The van der Waals surface area contributed by atoms with E-state index in [1.165, 1.54) is 4.31 Å². The smallest absolute Gasteiger partial charge is 0.243 e. The van der Waals surface area contributed by atoms with Crippen LogP contribution in [-0.2, 0) is 16.6 Å². The first-order chi connectivity index (χ1) is 9.51. The zero-order valence-electron chi connectivity index (χ0n) is 12.4. The molecule has 1 rings (SSSR count). The molecule has 0 saturated heterocycles. The third kappa shape index (κ3) is 3.71. The van der Waals surface area contributed by atoms with E-state index < -0.39 is 10.0 Å². The van der Waals surface area contributed by atoms with E-state index in [9.17, 15) is 8.42 Å². The molecule has 0 amide bonds. The summed E-state index contributed by atoms with van der Waals surface area (Å²) in [6, 6.07) is 4.84. The van der Waals surface area contributed by atoms with Crippen LogP contribution in [0.3, 0.4) is 0 Å². The van der Waals surface area contributed by atoms with Gasteiger partial charge in [-0.15, -0.1) is 0 Å². The average molecular weight is 300 g/mol. The molecule has 2 N–H and O–H groups in total. The molecule has 0 atom stereocenters. The number of rotatable bonds is 8. The number of nitrogens with zero attached hydrogens (tertiary/aromatic N) is 1. The largest absolute Gasteiger partial charge is 0.496 e. The maximum atomic E-state index is 12.6. The summed E-state index contributed by atoms with van der Waals surface area (Å²) < 4.78 is 31.9. The molecule has 1 aromatic carbocycles. The second-order valence-corrected chi connectivity index (χ2v) is 6.52. The fraction of sp³-hybridized carbons (Fsp3) is 0.571. The van der Waals surface area contributed by atoms with Gasteiger partial charge in [0.15, 0.2) is 0 Å². The Morgan fingerprint density at radius 1 is 1.20 bits per heavy atom. The van der Waals surface area contributed by atoms with Crippen molar-refractivity contribution in [1.29, 1.82) is 0 Å². The average Bonchev–Trinajstić information content (AvgIpc) is 2.46. The lowest BCUT2D eigenvalue weighted by Crippen LogP contribution is -2.32. The molecule has 0 aliphatic heterocycles. The lowest BCUT2D eigenvalue weighted by Gasteiger charge is -2.21. The first kappa shape index (κ1) is 16.9. The van der Waals surface area contributed by atoms with Crippen molar-refractivity contribution in [1.82, 2.24) is 4.31 Å². The summed E-state index contributed by atoms with van der Waals surface area (Å²) in [6.45, 7) is 5.24. The van der Waals surface area contributed by atoms with E-state index in [-0.39, 0.29) is 11.4 Å². The molecule has 0 heterocycles. The minimum Gasteiger partial charge on any atom is -0.496 e. The van der Waals surface area contributed by atoms with Crippen molar-refractivity contribution < 1.29 is 13.2 Å². The van der Waals surface area contributed by atoms with Gasteiger partial charge in [0, 0.05) is 25.2 Å². The number of benzene rings is 1. The van der Waals surface area contributed by atoms with E-state index in [1.807, 2.05) is 13.8 Å². The number of hydrogen-bond acceptors (Lipinski definition) is 4. The fourth-order valence-corrected chi connectivity index (χ4v) is 3.75. The summed E-state index contributed by atoms with van der Waals surface area (Å²) in [7, 11) is -1.92. The van der Waals surface area contributed by atoms with E-state index in [2.05, 4.69) is 0 Å². The summed E-state index contributed by atoms with van der Waals surface area (Å²) in [5.41, 5.74) is 6.34. The van der Waals surface area contributed by atoms with Crippen molar-refractivity contribution >= 4 is 10.0 Å². The number of hydrogen-bond donors (Lipinski definition) is 1. The minimum atomic E-state index is -3.46. The molecule has 114 valence electrons. The summed E-state index contributed by atoms with van der Waals surface area (Å²) in [5.74, 6) is 0.615. The van der Waals surface area contributed by atoms with Crippen LogP contribution in [0.5, 0.6) is 5.75 Å². The van der Waals surface area contributed by atoms with Crippen LogP contribution < -0.4 is 10.5 Å². The van der Waals surface area contributed by atoms with Crippen LogP contribution in [-0.4, -0.2) is 32.9 Å². The van der Waals surface area contributed by atoms with Gasteiger partial charge >= 0.3 is 0 Å². The highest BCUT2D eigenvalue weighted by molar-refractivity contribution is 7.89. The van der Waals surface area contributed by atoms with E-state index in [1.54, 1.807) is 25.3 Å². The highest BCUT2D eigenvalue weighted by atomic mass is 32.2. The van der Waals surface area contributed by atoms with Gasteiger partial charge in [-0.3, -0.25) is 0 Å². The van der Waals surface area contributed by atoms with Crippen molar-refractivity contribution in [3.63, 3.8) is 0 Å². The van der Waals surface area contributed by atoms with Crippen LogP contribution in [0.15, 0.2) is 23.1 Å². The van der Waals surface area contributed by atoms with Crippen molar-refractivity contribution in [2.24, 2.45) is 5.73 Å². The Labute approximate surface area is 121 Å². The van der Waals surface area contributed by atoms with Crippen LogP contribution >= 0.6 is 0 Å². The molecular formula is C14H24N2O3S. The molecule has 0 aliphatic carbocycles. The lowest BCUT2D eigenvalue weighted by atomic mass is 10.2. The fourth-order valence-electron chi connectivity index (χ4n) is 2.07. The maximum absolute atomic E-state index is 12.6. The number of sulfonamides is 1. The van der Waals surface area contributed by atoms with Crippen LogP contribution in [0.4, 0.5) is 0 Å². The summed E-state index contributed by atoms with van der Waals surface area (Å²) in [4.78, 5) is 0.278. The van der Waals surface area contributed by atoms with Crippen molar-refractivity contribution in [3.05, 3.63) is 23.8 Å². The normalized spacial score (nSPS) is 11.8. The molecule has 0 bridgehead atoms. The predicted molar refractivity (Wildman–Crippen MR) is 80.2 cm³/mol. The zero-order chi connectivity index (χ0) is 15.2. The Balaban J connectivity index is 3.19. The van der Waals surface area contributed by atoms with Gasteiger partial charge in [0.1, 0.15) is 5.75 Å². The van der Waals surface area contributed by atoms with E-state index in [4.69, 9.17) is 10.5 Å². The van der Waals surface area contributed by atoms with Gasteiger partial charge in [0.05, 0.1) is 12.0 Å². The topological polar surface area (TPSA) is 72.6 Å². The molecule has 0 aliphatic rings. The monoisotopic (exact) mass is 300 g/mol.